The van der Waals surface area contributed by atoms with Crippen LogP contribution in [-0.4, -0.2) is 11.5 Å². The lowest BCUT2D eigenvalue weighted by molar-refractivity contribution is 0.293. The number of nitrogens with zero attached hydrogens (tertiary/aromatic N) is 1. The molecule has 0 spiro atoms. The first-order chi connectivity index (χ1) is 10.2. The lowest BCUT2D eigenvalue weighted by Gasteiger charge is -2.13. The Morgan fingerprint density at radius 3 is 2.57 bits per heavy atom. The van der Waals surface area contributed by atoms with Crippen molar-refractivity contribution in [1.82, 2.24) is 10.3 Å². The fourth-order valence-corrected chi connectivity index (χ4v) is 2.08. The molecule has 0 aliphatic carbocycles. The van der Waals surface area contributed by atoms with Gasteiger partial charge in [-0.3, -0.25) is 0 Å². The first-order valence-corrected chi connectivity index (χ1v) is 7.63. The van der Waals surface area contributed by atoms with Gasteiger partial charge in [-0.15, -0.1) is 0 Å². The predicted molar refractivity (Wildman–Crippen MR) is 86.7 cm³/mol. The van der Waals surface area contributed by atoms with Crippen LogP contribution in [0.25, 0.3) is 0 Å². The molecule has 1 atom stereocenters. The topological polar surface area (TPSA) is 34.1 Å². The van der Waals surface area contributed by atoms with Gasteiger partial charge >= 0.3 is 0 Å². The Kier molecular flexibility index (Phi) is 6.03. The van der Waals surface area contributed by atoms with Crippen LogP contribution in [0, 0.1) is 0 Å². The summed E-state index contributed by atoms with van der Waals surface area (Å²) in [6.45, 7) is 5.80. The Morgan fingerprint density at radius 2 is 1.95 bits per heavy atom. The van der Waals surface area contributed by atoms with E-state index in [0.29, 0.717) is 18.5 Å². The number of halogens is 1. The third-order valence-electron chi connectivity index (χ3n) is 3.26. The summed E-state index contributed by atoms with van der Waals surface area (Å²) in [6.07, 6.45) is 2.99. The van der Waals surface area contributed by atoms with Crippen molar-refractivity contribution < 1.29 is 4.74 Å². The van der Waals surface area contributed by atoms with Crippen molar-refractivity contribution in [2.45, 2.75) is 32.9 Å². The molecule has 1 N–H and O–H groups in total. The van der Waals surface area contributed by atoms with Crippen LogP contribution in [0.2, 0.25) is 5.02 Å². The van der Waals surface area contributed by atoms with E-state index < -0.39 is 0 Å². The van der Waals surface area contributed by atoms with Crippen LogP contribution < -0.4 is 10.1 Å². The van der Waals surface area contributed by atoms with E-state index in [9.17, 15) is 0 Å². The maximum atomic E-state index is 5.85. The van der Waals surface area contributed by atoms with Crippen molar-refractivity contribution in [1.29, 1.82) is 0 Å². The molecule has 21 heavy (non-hydrogen) atoms. The molecule has 3 nitrogen and oxygen atoms in total. The molecular weight excluding hydrogens is 284 g/mol. The van der Waals surface area contributed by atoms with Crippen molar-refractivity contribution in [2.75, 3.05) is 6.54 Å². The fraction of sp³-hybridized carbons (Fsp3) is 0.353. The molecule has 1 aromatic heterocycles. The fourth-order valence-electron chi connectivity index (χ4n) is 1.95. The standard InChI is InChI=1S/C17H21ClN2O/c1-3-10-19-13(2)15-6-9-17(20-11-15)21-12-14-4-7-16(18)8-5-14/h4-9,11,13,19H,3,10,12H2,1-2H3. The summed E-state index contributed by atoms with van der Waals surface area (Å²) >= 11 is 5.85. The van der Waals surface area contributed by atoms with Gasteiger partial charge in [-0.25, -0.2) is 4.98 Å². The Balaban J connectivity index is 1.88. The molecule has 0 fully saturated rings. The second-order valence-electron chi connectivity index (χ2n) is 5.02. The van der Waals surface area contributed by atoms with Crippen LogP contribution in [0.1, 0.15) is 37.4 Å². The minimum Gasteiger partial charge on any atom is -0.473 e. The highest BCUT2D eigenvalue weighted by molar-refractivity contribution is 6.30. The predicted octanol–water partition coefficient (Wildman–Crippen LogP) is 4.37. The number of hydrogen-bond donors (Lipinski definition) is 1. The van der Waals surface area contributed by atoms with Gasteiger partial charge in [-0.2, -0.15) is 0 Å². The highest BCUT2D eigenvalue weighted by Gasteiger charge is 2.05. The molecule has 0 bridgehead atoms. The van der Waals surface area contributed by atoms with Crippen molar-refractivity contribution >= 4 is 11.6 Å². The molecule has 0 saturated carbocycles. The number of ether oxygens (including phenoxy) is 1. The molecule has 2 aromatic rings. The van der Waals surface area contributed by atoms with Crippen molar-refractivity contribution in [3.8, 4) is 5.88 Å². The molecule has 0 amide bonds. The summed E-state index contributed by atoms with van der Waals surface area (Å²) in [6, 6.07) is 11.9. The van der Waals surface area contributed by atoms with E-state index in [-0.39, 0.29) is 0 Å². The van der Waals surface area contributed by atoms with Crippen LogP contribution in [0.5, 0.6) is 5.88 Å². The lowest BCUT2D eigenvalue weighted by atomic mass is 10.1. The van der Waals surface area contributed by atoms with Crippen LogP contribution >= 0.6 is 11.6 Å². The largest absolute Gasteiger partial charge is 0.473 e. The van der Waals surface area contributed by atoms with Gasteiger partial charge in [-0.05, 0) is 43.1 Å². The summed E-state index contributed by atoms with van der Waals surface area (Å²) < 4.78 is 5.67. The zero-order valence-corrected chi connectivity index (χ0v) is 13.2. The van der Waals surface area contributed by atoms with E-state index in [1.807, 2.05) is 36.5 Å². The van der Waals surface area contributed by atoms with Gasteiger partial charge in [0.05, 0.1) is 0 Å². The van der Waals surface area contributed by atoms with E-state index in [0.717, 1.165) is 23.6 Å². The van der Waals surface area contributed by atoms with Crippen molar-refractivity contribution in [3.05, 3.63) is 58.7 Å². The molecule has 4 heteroatoms. The molecular formula is C17H21ClN2O. The normalized spacial score (nSPS) is 12.1. The highest BCUT2D eigenvalue weighted by atomic mass is 35.5. The molecule has 1 aromatic carbocycles. The zero-order valence-electron chi connectivity index (χ0n) is 12.5. The Morgan fingerprint density at radius 1 is 1.19 bits per heavy atom. The van der Waals surface area contributed by atoms with E-state index in [4.69, 9.17) is 16.3 Å². The Bertz CT molecular complexity index is 540. The number of benzene rings is 1. The first-order valence-electron chi connectivity index (χ1n) is 7.25. The quantitative estimate of drug-likeness (QED) is 0.824. The molecule has 0 saturated heterocycles. The molecule has 112 valence electrons. The van der Waals surface area contributed by atoms with Gasteiger partial charge < -0.3 is 10.1 Å². The third kappa shape index (κ3) is 5.03. The van der Waals surface area contributed by atoms with Gasteiger partial charge in [0.1, 0.15) is 6.61 Å². The summed E-state index contributed by atoms with van der Waals surface area (Å²) in [5.74, 6) is 0.636. The van der Waals surface area contributed by atoms with Crippen LogP contribution in [-0.2, 0) is 6.61 Å². The van der Waals surface area contributed by atoms with E-state index in [1.165, 1.54) is 5.56 Å². The summed E-state index contributed by atoms with van der Waals surface area (Å²) in [4.78, 5) is 4.35. The van der Waals surface area contributed by atoms with E-state index >= 15 is 0 Å². The van der Waals surface area contributed by atoms with Crippen LogP contribution in [0.3, 0.4) is 0 Å². The first kappa shape index (κ1) is 15.8. The maximum Gasteiger partial charge on any atom is 0.213 e. The average Bonchev–Trinajstić information content (AvgIpc) is 2.52. The average molecular weight is 305 g/mol. The highest BCUT2D eigenvalue weighted by Crippen LogP contribution is 2.16. The summed E-state index contributed by atoms with van der Waals surface area (Å²) in [7, 11) is 0. The molecule has 0 radical (unpaired) electrons. The SMILES string of the molecule is CCCNC(C)c1ccc(OCc2ccc(Cl)cc2)nc1. The number of hydrogen-bond acceptors (Lipinski definition) is 3. The smallest absolute Gasteiger partial charge is 0.213 e. The van der Waals surface area contributed by atoms with Gasteiger partial charge in [0.25, 0.3) is 0 Å². The van der Waals surface area contributed by atoms with E-state index in [2.05, 4.69) is 30.2 Å². The second kappa shape index (κ2) is 8.01. The minimum absolute atomic E-state index is 0.308. The second-order valence-corrected chi connectivity index (χ2v) is 5.46. The number of rotatable bonds is 7. The van der Waals surface area contributed by atoms with Gasteiger partial charge in [-0.1, -0.05) is 36.7 Å². The van der Waals surface area contributed by atoms with Gasteiger partial charge in [0, 0.05) is 23.3 Å². The van der Waals surface area contributed by atoms with E-state index in [1.54, 1.807) is 0 Å². The van der Waals surface area contributed by atoms with Crippen LogP contribution in [0.4, 0.5) is 0 Å². The van der Waals surface area contributed by atoms with Crippen molar-refractivity contribution in [3.63, 3.8) is 0 Å². The molecule has 2 rings (SSSR count). The lowest BCUT2D eigenvalue weighted by Crippen LogP contribution is -2.19. The molecule has 0 aliphatic heterocycles. The molecule has 0 aliphatic rings. The van der Waals surface area contributed by atoms with Crippen molar-refractivity contribution in [2.24, 2.45) is 0 Å². The maximum absolute atomic E-state index is 5.85. The van der Waals surface area contributed by atoms with Gasteiger partial charge in [0.15, 0.2) is 0 Å². The molecule has 1 unspecified atom stereocenters. The Labute approximate surface area is 131 Å². The molecule has 1 heterocycles. The third-order valence-corrected chi connectivity index (χ3v) is 3.51. The summed E-state index contributed by atoms with van der Waals surface area (Å²) in [5, 5.41) is 4.17. The summed E-state index contributed by atoms with van der Waals surface area (Å²) in [5.41, 5.74) is 2.24. The number of pyridine rings is 1. The number of aromatic nitrogens is 1. The zero-order chi connectivity index (χ0) is 15.1. The van der Waals surface area contributed by atoms with Gasteiger partial charge in [0.2, 0.25) is 5.88 Å². The number of nitrogens with one attached hydrogen (secondary N) is 1. The Hall–Kier alpha value is -1.58. The minimum atomic E-state index is 0.308. The van der Waals surface area contributed by atoms with Crippen LogP contribution in [0.15, 0.2) is 42.6 Å². The monoisotopic (exact) mass is 304 g/mol.